The number of aromatic nitrogens is 2. The van der Waals surface area contributed by atoms with Crippen LogP contribution < -0.4 is 15.4 Å². The Hall–Kier alpha value is -2.39. The molecule has 2 rings (SSSR count). The Balaban J connectivity index is 1.97. The summed E-state index contributed by atoms with van der Waals surface area (Å²) in [5.74, 6) is 1.17. The lowest BCUT2D eigenvalue weighted by molar-refractivity contribution is -0.137. The molecule has 1 heterocycles. The fourth-order valence-corrected chi connectivity index (χ4v) is 2.89. The van der Waals surface area contributed by atoms with E-state index in [-0.39, 0.29) is 11.7 Å². The molecule has 0 fully saturated rings. The number of carbonyl (C=O) groups is 1. The number of anilines is 2. The van der Waals surface area contributed by atoms with Gasteiger partial charge in [0, 0.05) is 17.4 Å². The number of nitrogens with zero attached hydrogens (tertiary/aromatic N) is 2. The molecular formula is C17H20N4O3S2. The van der Waals surface area contributed by atoms with Crippen molar-refractivity contribution in [1.82, 2.24) is 9.97 Å². The number of thiocarbonyl (C=S) groups is 1. The van der Waals surface area contributed by atoms with Crippen molar-refractivity contribution in [3.63, 3.8) is 0 Å². The highest BCUT2D eigenvalue weighted by Gasteiger charge is 2.08. The van der Waals surface area contributed by atoms with Crippen LogP contribution in [0.25, 0.3) is 0 Å². The Labute approximate surface area is 161 Å². The number of methoxy groups -OCH3 is 1. The molecule has 0 saturated carbocycles. The summed E-state index contributed by atoms with van der Waals surface area (Å²) >= 11 is 6.52. The number of thioether (sulfide) groups is 1. The predicted molar refractivity (Wildman–Crippen MR) is 107 cm³/mol. The van der Waals surface area contributed by atoms with E-state index in [2.05, 4.69) is 25.3 Å². The minimum Gasteiger partial charge on any atom is -0.494 e. The van der Waals surface area contributed by atoms with E-state index in [0.29, 0.717) is 22.7 Å². The standard InChI is InChI=1S/C17H20N4O3S2/c1-4-24-13-7-5-12(6-8-13)19-16(25)20-14-9-11(2)18-17(21-14)26-10-15(22)23-3/h5-9H,4,10H2,1-3H3,(H2,18,19,20,21,25). The monoisotopic (exact) mass is 392 g/mol. The van der Waals surface area contributed by atoms with Gasteiger partial charge in [-0.25, -0.2) is 9.97 Å². The molecule has 7 nitrogen and oxygen atoms in total. The number of ether oxygens (including phenoxy) is 2. The minimum absolute atomic E-state index is 0.147. The number of nitrogens with one attached hydrogen (secondary N) is 2. The summed E-state index contributed by atoms with van der Waals surface area (Å²) in [4.78, 5) is 19.9. The van der Waals surface area contributed by atoms with E-state index in [9.17, 15) is 4.79 Å². The van der Waals surface area contributed by atoms with Gasteiger partial charge in [0.05, 0.1) is 19.5 Å². The normalized spacial score (nSPS) is 10.1. The molecule has 0 aliphatic heterocycles. The summed E-state index contributed by atoms with van der Waals surface area (Å²) < 4.78 is 10.0. The fraction of sp³-hybridized carbons (Fsp3) is 0.294. The number of hydrogen-bond acceptors (Lipinski definition) is 7. The molecule has 2 N–H and O–H groups in total. The van der Waals surface area contributed by atoms with E-state index < -0.39 is 0 Å². The molecule has 0 saturated heterocycles. The summed E-state index contributed by atoms with van der Waals surface area (Å²) in [5, 5.41) is 6.98. The van der Waals surface area contributed by atoms with Crippen LogP contribution in [0.1, 0.15) is 12.6 Å². The van der Waals surface area contributed by atoms with Crippen LogP contribution in [0.3, 0.4) is 0 Å². The highest BCUT2D eigenvalue weighted by molar-refractivity contribution is 7.99. The molecule has 0 spiro atoms. The van der Waals surface area contributed by atoms with Crippen molar-refractivity contribution in [2.24, 2.45) is 0 Å². The first-order chi connectivity index (χ1) is 12.5. The quantitative estimate of drug-likeness (QED) is 0.319. The molecule has 26 heavy (non-hydrogen) atoms. The predicted octanol–water partition coefficient (Wildman–Crippen LogP) is 3.26. The van der Waals surface area contributed by atoms with Crippen molar-refractivity contribution < 1.29 is 14.3 Å². The van der Waals surface area contributed by atoms with E-state index in [1.807, 2.05) is 38.1 Å². The van der Waals surface area contributed by atoms with Crippen molar-refractivity contribution in [3.05, 3.63) is 36.0 Å². The SMILES string of the molecule is CCOc1ccc(NC(=S)Nc2cc(C)nc(SCC(=O)OC)n2)cc1. The Kier molecular flexibility index (Phi) is 7.61. The van der Waals surface area contributed by atoms with Crippen LogP contribution >= 0.6 is 24.0 Å². The van der Waals surface area contributed by atoms with Crippen LogP contribution in [0.15, 0.2) is 35.5 Å². The largest absolute Gasteiger partial charge is 0.494 e. The van der Waals surface area contributed by atoms with Crippen LogP contribution in [0.4, 0.5) is 11.5 Å². The molecule has 9 heteroatoms. The van der Waals surface area contributed by atoms with Crippen LogP contribution in [0.2, 0.25) is 0 Å². The molecule has 0 aliphatic carbocycles. The van der Waals surface area contributed by atoms with E-state index in [1.165, 1.54) is 18.9 Å². The summed E-state index contributed by atoms with van der Waals surface area (Å²) in [6.45, 7) is 4.40. The molecule has 0 atom stereocenters. The first-order valence-electron chi connectivity index (χ1n) is 7.86. The summed E-state index contributed by atoms with van der Waals surface area (Å²) in [5.41, 5.74) is 1.59. The maximum atomic E-state index is 11.2. The van der Waals surface area contributed by atoms with Crippen molar-refractivity contribution >= 4 is 46.6 Å². The van der Waals surface area contributed by atoms with Gasteiger partial charge < -0.3 is 20.1 Å². The van der Waals surface area contributed by atoms with Gasteiger partial charge in [0.25, 0.3) is 0 Å². The topological polar surface area (TPSA) is 85.4 Å². The number of carbonyl (C=O) groups excluding carboxylic acids is 1. The number of hydrogen-bond donors (Lipinski definition) is 2. The summed E-state index contributed by atoms with van der Waals surface area (Å²) in [6, 6.07) is 9.26. The van der Waals surface area contributed by atoms with Crippen molar-refractivity contribution in [1.29, 1.82) is 0 Å². The average Bonchev–Trinajstić information content (AvgIpc) is 2.61. The Morgan fingerprint density at radius 2 is 1.96 bits per heavy atom. The molecule has 138 valence electrons. The van der Waals surface area contributed by atoms with Gasteiger partial charge in [-0.15, -0.1) is 0 Å². The highest BCUT2D eigenvalue weighted by Crippen LogP contribution is 2.18. The van der Waals surface area contributed by atoms with Crippen LogP contribution in [0, 0.1) is 6.92 Å². The van der Waals surface area contributed by atoms with E-state index in [1.54, 1.807) is 6.07 Å². The van der Waals surface area contributed by atoms with Crippen molar-refractivity contribution in [3.8, 4) is 5.75 Å². The van der Waals surface area contributed by atoms with Gasteiger partial charge in [-0.3, -0.25) is 4.79 Å². The first-order valence-corrected chi connectivity index (χ1v) is 9.25. The summed E-state index contributed by atoms with van der Waals surface area (Å²) in [6.07, 6.45) is 0. The third-order valence-electron chi connectivity index (χ3n) is 3.05. The van der Waals surface area contributed by atoms with E-state index in [0.717, 1.165) is 17.1 Å². The molecule has 1 aromatic carbocycles. The Morgan fingerprint density at radius 3 is 2.62 bits per heavy atom. The lowest BCUT2D eigenvalue weighted by atomic mass is 10.3. The fourth-order valence-electron chi connectivity index (χ4n) is 1.93. The van der Waals surface area contributed by atoms with E-state index >= 15 is 0 Å². The third-order valence-corrected chi connectivity index (χ3v) is 4.07. The third kappa shape index (κ3) is 6.49. The lowest BCUT2D eigenvalue weighted by Gasteiger charge is -2.12. The van der Waals surface area contributed by atoms with E-state index in [4.69, 9.17) is 17.0 Å². The second kappa shape index (κ2) is 9.93. The smallest absolute Gasteiger partial charge is 0.316 e. The molecular weight excluding hydrogens is 372 g/mol. The lowest BCUT2D eigenvalue weighted by Crippen LogP contribution is -2.20. The first kappa shape index (κ1) is 19.9. The molecule has 1 aromatic heterocycles. The van der Waals surface area contributed by atoms with Gasteiger partial charge in [-0.1, -0.05) is 11.8 Å². The Morgan fingerprint density at radius 1 is 1.23 bits per heavy atom. The molecule has 2 aromatic rings. The van der Waals surface area contributed by atoms with Crippen LogP contribution in [-0.2, 0) is 9.53 Å². The maximum Gasteiger partial charge on any atom is 0.316 e. The van der Waals surface area contributed by atoms with Crippen molar-refractivity contribution in [2.45, 2.75) is 19.0 Å². The van der Waals surface area contributed by atoms with Gasteiger partial charge in [-0.05, 0) is 50.3 Å². The zero-order chi connectivity index (χ0) is 18.9. The Bertz CT molecular complexity index is 769. The summed E-state index contributed by atoms with van der Waals surface area (Å²) in [7, 11) is 1.35. The highest BCUT2D eigenvalue weighted by atomic mass is 32.2. The van der Waals surface area contributed by atoms with Crippen molar-refractivity contribution in [2.75, 3.05) is 30.1 Å². The zero-order valence-corrected chi connectivity index (χ0v) is 16.4. The molecule has 0 radical (unpaired) electrons. The zero-order valence-electron chi connectivity index (χ0n) is 14.7. The molecule has 0 amide bonds. The second-order valence-electron chi connectivity index (χ2n) is 5.08. The number of rotatable bonds is 7. The molecule has 0 bridgehead atoms. The number of aryl methyl sites for hydroxylation is 1. The maximum absolute atomic E-state index is 11.2. The van der Waals surface area contributed by atoms with Gasteiger partial charge in [0.1, 0.15) is 11.6 Å². The second-order valence-corrected chi connectivity index (χ2v) is 6.43. The van der Waals surface area contributed by atoms with Crippen LogP contribution in [0.5, 0.6) is 5.75 Å². The number of benzene rings is 1. The minimum atomic E-state index is -0.331. The van der Waals surface area contributed by atoms with Gasteiger partial charge >= 0.3 is 5.97 Å². The number of esters is 1. The average molecular weight is 393 g/mol. The van der Waals surface area contributed by atoms with Gasteiger partial charge in [0.15, 0.2) is 10.3 Å². The molecule has 0 aliphatic rings. The van der Waals surface area contributed by atoms with Crippen LogP contribution in [-0.4, -0.2) is 40.5 Å². The van der Waals surface area contributed by atoms with Gasteiger partial charge in [-0.2, -0.15) is 0 Å². The van der Waals surface area contributed by atoms with Gasteiger partial charge in [0.2, 0.25) is 0 Å². The molecule has 0 unspecified atom stereocenters.